The van der Waals surface area contributed by atoms with E-state index in [9.17, 15) is 13.2 Å². The predicted molar refractivity (Wildman–Crippen MR) is 121 cm³/mol. The number of thiazole rings is 1. The molecular weight excluding hydrogens is 432 g/mol. The highest BCUT2D eigenvalue weighted by Crippen LogP contribution is 2.26. The van der Waals surface area contributed by atoms with Gasteiger partial charge in [-0.2, -0.15) is 0 Å². The summed E-state index contributed by atoms with van der Waals surface area (Å²) in [6, 6.07) is 17.7. The number of sulfone groups is 1. The molecule has 0 fully saturated rings. The average molecular weight is 453 g/mol. The molecule has 0 saturated carbocycles. The molecule has 0 saturated heterocycles. The molecule has 0 aliphatic heterocycles. The third-order valence-corrected chi connectivity index (χ3v) is 7.22. The molecule has 2 aromatic heterocycles. The van der Waals surface area contributed by atoms with Gasteiger partial charge in [-0.15, -0.1) is 11.3 Å². The number of benzene rings is 2. The normalized spacial score (nSPS) is 11.4. The number of rotatable bonds is 7. The predicted octanol–water partition coefficient (Wildman–Crippen LogP) is 5.19. The molecule has 2 aromatic carbocycles. The molecule has 0 aliphatic rings. The van der Waals surface area contributed by atoms with Crippen molar-refractivity contribution in [2.45, 2.75) is 24.0 Å². The van der Waals surface area contributed by atoms with Gasteiger partial charge in [0.25, 0.3) is 5.91 Å². The maximum Gasteiger partial charge on any atom is 0.293 e. The summed E-state index contributed by atoms with van der Waals surface area (Å²) >= 11 is 1.29. The number of carbonyl (C=O) groups excluding carboxylic acids is 1. The van der Waals surface area contributed by atoms with Crippen molar-refractivity contribution < 1.29 is 17.6 Å². The highest BCUT2D eigenvalue weighted by molar-refractivity contribution is 7.90. The molecule has 0 spiro atoms. The van der Waals surface area contributed by atoms with Gasteiger partial charge >= 0.3 is 0 Å². The van der Waals surface area contributed by atoms with Crippen LogP contribution in [0.1, 0.15) is 28.6 Å². The van der Waals surface area contributed by atoms with Gasteiger partial charge in [0.05, 0.1) is 22.6 Å². The van der Waals surface area contributed by atoms with Gasteiger partial charge in [-0.3, -0.25) is 10.1 Å². The highest BCUT2D eigenvalue weighted by Gasteiger charge is 2.23. The van der Waals surface area contributed by atoms with Crippen LogP contribution in [0.3, 0.4) is 0 Å². The molecule has 0 bridgehead atoms. The number of hydrogen-bond donors (Lipinski definition) is 1. The van der Waals surface area contributed by atoms with Gasteiger partial charge in [0, 0.05) is 16.5 Å². The van der Waals surface area contributed by atoms with Crippen LogP contribution in [0.15, 0.2) is 81.6 Å². The Balaban J connectivity index is 1.49. The van der Waals surface area contributed by atoms with Crippen LogP contribution in [0.4, 0.5) is 5.13 Å². The zero-order chi connectivity index (χ0) is 21.8. The first kappa shape index (κ1) is 21.0. The number of aryl methyl sites for hydroxylation is 1. The Morgan fingerprint density at radius 2 is 1.81 bits per heavy atom. The Kier molecular flexibility index (Phi) is 6.01. The molecule has 0 atom stereocenters. The van der Waals surface area contributed by atoms with Crippen LogP contribution in [0.2, 0.25) is 0 Å². The van der Waals surface area contributed by atoms with Gasteiger partial charge in [0.1, 0.15) is 0 Å². The lowest BCUT2D eigenvalue weighted by molar-refractivity contribution is 0.0996. The molecule has 2 heterocycles. The molecule has 158 valence electrons. The summed E-state index contributed by atoms with van der Waals surface area (Å²) in [4.78, 5) is 17.4. The van der Waals surface area contributed by atoms with E-state index < -0.39 is 15.7 Å². The molecule has 0 aliphatic carbocycles. The van der Waals surface area contributed by atoms with E-state index in [1.807, 2.05) is 17.5 Å². The number of carbonyl (C=O) groups is 1. The lowest BCUT2D eigenvalue weighted by Gasteiger charge is -2.05. The van der Waals surface area contributed by atoms with E-state index in [1.54, 1.807) is 18.2 Å². The minimum Gasteiger partial charge on any atom is -0.459 e. The van der Waals surface area contributed by atoms with E-state index in [1.165, 1.54) is 41.4 Å². The number of furan rings is 1. The number of hydrogen-bond acceptors (Lipinski definition) is 6. The number of nitrogens with one attached hydrogen (secondary N) is 1. The van der Waals surface area contributed by atoms with Crippen molar-refractivity contribution in [3.8, 4) is 11.3 Å². The topological polar surface area (TPSA) is 89.3 Å². The first-order chi connectivity index (χ1) is 15.0. The van der Waals surface area contributed by atoms with E-state index in [2.05, 4.69) is 29.4 Å². The minimum absolute atomic E-state index is 0.0384. The zero-order valence-corrected chi connectivity index (χ0v) is 18.4. The second-order valence-electron chi connectivity index (χ2n) is 6.89. The van der Waals surface area contributed by atoms with Crippen LogP contribution in [0.25, 0.3) is 11.3 Å². The fourth-order valence-electron chi connectivity index (χ4n) is 3.09. The van der Waals surface area contributed by atoms with Gasteiger partial charge in [0.2, 0.25) is 0 Å². The van der Waals surface area contributed by atoms with E-state index in [-0.39, 0.29) is 16.4 Å². The molecule has 4 rings (SSSR count). The van der Waals surface area contributed by atoms with Gasteiger partial charge in [-0.25, -0.2) is 13.4 Å². The zero-order valence-electron chi connectivity index (χ0n) is 16.7. The molecule has 4 aromatic rings. The summed E-state index contributed by atoms with van der Waals surface area (Å²) in [7, 11) is -3.60. The summed E-state index contributed by atoms with van der Waals surface area (Å²) in [5.41, 5.74) is 3.26. The molecule has 8 heteroatoms. The average Bonchev–Trinajstić information content (AvgIpc) is 3.44. The fraction of sp³-hybridized carbons (Fsp3) is 0.130. The monoisotopic (exact) mass is 452 g/mol. The van der Waals surface area contributed by atoms with Crippen molar-refractivity contribution in [2.75, 3.05) is 5.32 Å². The highest BCUT2D eigenvalue weighted by atomic mass is 32.2. The smallest absolute Gasteiger partial charge is 0.293 e. The first-order valence-corrected chi connectivity index (χ1v) is 12.2. The molecular formula is C23H20N2O4S2. The largest absolute Gasteiger partial charge is 0.459 e. The molecule has 6 nitrogen and oxygen atoms in total. The number of aromatic nitrogens is 1. The second kappa shape index (κ2) is 8.87. The summed E-state index contributed by atoms with van der Waals surface area (Å²) < 4.78 is 30.6. The van der Waals surface area contributed by atoms with E-state index >= 15 is 0 Å². The fourth-order valence-corrected chi connectivity index (χ4v) is 5.18. The molecule has 1 N–H and O–H groups in total. The summed E-state index contributed by atoms with van der Waals surface area (Å²) in [6.45, 7) is 2.10. The van der Waals surface area contributed by atoms with Gasteiger partial charge < -0.3 is 4.42 Å². The Morgan fingerprint density at radius 3 is 2.52 bits per heavy atom. The van der Waals surface area contributed by atoms with Gasteiger partial charge in [0.15, 0.2) is 20.7 Å². The standard InChI is InChI=1S/C23H20N2O4S2/c1-2-16-8-10-17(11-9-16)20-14-30-23(24-20)25-22(26)21-18(12-13-29-21)15-31(27,28)19-6-4-3-5-7-19/h3-14H,2,15H2,1H3,(H,24,25,26). The van der Waals surface area contributed by atoms with Crippen LogP contribution in [-0.4, -0.2) is 19.3 Å². The molecule has 31 heavy (non-hydrogen) atoms. The van der Waals surface area contributed by atoms with Crippen molar-refractivity contribution in [3.63, 3.8) is 0 Å². The first-order valence-electron chi connectivity index (χ1n) is 9.66. The molecule has 1 amide bonds. The summed E-state index contributed by atoms with van der Waals surface area (Å²) in [5, 5.41) is 4.97. The number of anilines is 1. The summed E-state index contributed by atoms with van der Waals surface area (Å²) in [5.74, 6) is -0.905. The lowest BCUT2D eigenvalue weighted by atomic mass is 10.1. The third-order valence-electron chi connectivity index (χ3n) is 4.78. The van der Waals surface area contributed by atoms with Gasteiger partial charge in [-0.1, -0.05) is 49.4 Å². The summed E-state index contributed by atoms with van der Waals surface area (Å²) in [6.07, 6.45) is 2.28. The second-order valence-corrected chi connectivity index (χ2v) is 9.74. The van der Waals surface area contributed by atoms with Crippen LogP contribution >= 0.6 is 11.3 Å². The third kappa shape index (κ3) is 4.76. The van der Waals surface area contributed by atoms with E-state index in [0.29, 0.717) is 10.7 Å². The van der Waals surface area contributed by atoms with Crippen LogP contribution < -0.4 is 5.32 Å². The van der Waals surface area contributed by atoms with Crippen LogP contribution in [0.5, 0.6) is 0 Å². The van der Waals surface area contributed by atoms with Gasteiger partial charge in [-0.05, 0) is 30.2 Å². The van der Waals surface area contributed by atoms with Crippen LogP contribution in [-0.2, 0) is 22.0 Å². The lowest BCUT2D eigenvalue weighted by Crippen LogP contribution is -2.14. The van der Waals surface area contributed by atoms with E-state index in [4.69, 9.17) is 4.42 Å². The molecule has 0 radical (unpaired) electrons. The van der Waals surface area contributed by atoms with Crippen LogP contribution in [0, 0.1) is 0 Å². The van der Waals surface area contributed by atoms with Crippen molar-refractivity contribution >= 4 is 32.2 Å². The molecule has 0 unspecified atom stereocenters. The van der Waals surface area contributed by atoms with E-state index in [0.717, 1.165) is 17.7 Å². The number of nitrogens with zero attached hydrogens (tertiary/aromatic N) is 1. The van der Waals surface area contributed by atoms with Crippen molar-refractivity contribution in [1.82, 2.24) is 4.98 Å². The SMILES string of the molecule is CCc1ccc(-c2csc(NC(=O)c3occc3CS(=O)(=O)c3ccccc3)n2)cc1. The van der Waals surface area contributed by atoms with Crippen molar-refractivity contribution in [2.24, 2.45) is 0 Å². The quantitative estimate of drug-likeness (QED) is 0.417. The van der Waals surface area contributed by atoms with Crippen molar-refractivity contribution in [3.05, 3.63) is 89.2 Å². The Hall–Kier alpha value is -3.23. The van der Waals surface area contributed by atoms with Crippen molar-refractivity contribution in [1.29, 1.82) is 0 Å². The maximum absolute atomic E-state index is 12.7. The Labute approximate surface area is 184 Å². The number of amides is 1. The Morgan fingerprint density at radius 1 is 1.06 bits per heavy atom. The Bertz CT molecular complexity index is 1290. The maximum atomic E-state index is 12.7. The minimum atomic E-state index is -3.60.